The zero-order valence-corrected chi connectivity index (χ0v) is 12.4. The van der Waals surface area contributed by atoms with Crippen molar-refractivity contribution in [2.45, 2.75) is 13.3 Å². The Morgan fingerprint density at radius 2 is 2.05 bits per heavy atom. The van der Waals surface area contributed by atoms with Gasteiger partial charge in [-0.15, -0.1) is 0 Å². The van der Waals surface area contributed by atoms with Crippen LogP contribution >= 0.6 is 0 Å². The molecular formula is C15H22N4O. The molecule has 20 heavy (non-hydrogen) atoms. The Morgan fingerprint density at radius 3 is 2.75 bits per heavy atom. The highest BCUT2D eigenvalue weighted by molar-refractivity contribution is 5.97. The van der Waals surface area contributed by atoms with Gasteiger partial charge in [0, 0.05) is 25.2 Å². The molecule has 2 aromatic rings. The minimum absolute atomic E-state index is 0.0881. The second kappa shape index (κ2) is 6.52. The van der Waals surface area contributed by atoms with Crippen LogP contribution in [-0.2, 0) is 0 Å². The average Bonchev–Trinajstić information content (AvgIpc) is 2.89. The van der Waals surface area contributed by atoms with E-state index >= 15 is 0 Å². The number of aromatic nitrogens is 2. The SMILES string of the molecule is CCCN(CCN(C)C)C(=O)c1ccc2nc[nH]c2c1. The van der Waals surface area contributed by atoms with Crippen molar-refractivity contribution in [2.75, 3.05) is 33.7 Å². The molecule has 5 nitrogen and oxygen atoms in total. The zero-order valence-electron chi connectivity index (χ0n) is 12.4. The third-order valence-corrected chi connectivity index (χ3v) is 3.27. The second-order valence-electron chi connectivity index (χ2n) is 5.23. The molecule has 0 bridgehead atoms. The Labute approximate surface area is 119 Å². The number of nitrogens with one attached hydrogen (secondary N) is 1. The highest BCUT2D eigenvalue weighted by Crippen LogP contribution is 2.13. The summed E-state index contributed by atoms with van der Waals surface area (Å²) in [6, 6.07) is 5.61. The summed E-state index contributed by atoms with van der Waals surface area (Å²) < 4.78 is 0. The molecule has 0 fully saturated rings. The summed E-state index contributed by atoms with van der Waals surface area (Å²) >= 11 is 0. The zero-order chi connectivity index (χ0) is 14.5. The van der Waals surface area contributed by atoms with E-state index < -0.39 is 0 Å². The molecule has 2 rings (SSSR count). The van der Waals surface area contributed by atoms with E-state index in [1.807, 2.05) is 37.2 Å². The van der Waals surface area contributed by atoms with E-state index in [4.69, 9.17) is 0 Å². The van der Waals surface area contributed by atoms with Crippen LogP contribution in [0.1, 0.15) is 23.7 Å². The molecule has 5 heteroatoms. The van der Waals surface area contributed by atoms with E-state index in [1.165, 1.54) is 0 Å². The van der Waals surface area contributed by atoms with Crippen molar-refractivity contribution >= 4 is 16.9 Å². The van der Waals surface area contributed by atoms with Crippen LogP contribution in [0.4, 0.5) is 0 Å². The highest BCUT2D eigenvalue weighted by Gasteiger charge is 2.15. The second-order valence-corrected chi connectivity index (χ2v) is 5.23. The Morgan fingerprint density at radius 1 is 1.25 bits per heavy atom. The molecule has 0 radical (unpaired) electrons. The van der Waals surface area contributed by atoms with Crippen LogP contribution in [-0.4, -0.2) is 59.4 Å². The largest absolute Gasteiger partial charge is 0.345 e. The molecule has 0 aliphatic heterocycles. The van der Waals surface area contributed by atoms with Crippen molar-refractivity contribution in [2.24, 2.45) is 0 Å². The number of hydrogen-bond acceptors (Lipinski definition) is 3. The topological polar surface area (TPSA) is 52.2 Å². The van der Waals surface area contributed by atoms with E-state index in [2.05, 4.69) is 21.8 Å². The van der Waals surface area contributed by atoms with Gasteiger partial charge in [-0.1, -0.05) is 6.92 Å². The molecule has 0 saturated heterocycles. The number of amides is 1. The first-order chi connectivity index (χ1) is 9.61. The van der Waals surface area contributed by atoms with Crippen LogP contribution < -0.4 is 0 Å². The summed E-state index contributed by atoms with van der Waals surface area (Å²) in [6.45, 7) is 4.50. The van der Waals surface area contributed by atoms with E-state index in [-0.39, 0.29) is 5.91 Å². The number of imidazole rings is 1. The van der Waals surface area contributed by atoms with Gasteiger partial charge in [-0.25, -0.2) is 4.98 Å². The Bertz CT molecular complexity index is 576. The molecule has 0 saturated carbocycles. The average molecular weight is 274 g/mol. The minimum Gasteiger partial charge on any atom is -0.345 e. The minimum atomic E-state index is 0.0881. The summed E-state index contributed by atoms with van der Waals surface area (Å²) in [5, 5.41) is 0. The van der Waals surface area contributed by atoms with Gasteiger partial charge < -0.3 is 14.8 Å². The van der Waals surface area contributed by atoms with Gasteiger partial charge in [-0.2, -0.15) is 0 Å². The fourth-order valence-corrected chi connectivity index (χ4v) is 2.16. The number of benzene rings is 1. The summed E-state index contributed by atoms with van der Waals surface area (Å²) in [7, 11) is 4.04. The molecule has 0 unspecified atom stereocenters. The summed E-state index contributed by atoms with van der Waals surface area (Å²) in [4.78, 5) is 23.8. The van der Waals surface area contributed by atoms with Crippen LogP contribution in [0.2, 0.25) is 0 Å². The maximum atomic E-state index is 12.6. The third kappa shape index (κ3) is 3.36. The Hall–Kier alpha value is -1.88. The molecule has 1 heterocycles. The van der Waals surface area contributed by atoms with Crippen molar-refractivity contribution < 1.29 is 4.79 Å². The number of hydrogen-bond donors (Lipinski definition) is 1. The number of carbonyl (C=O) groups is 1. The fraction of sp³-hybridized carbons (Fsp3) is 0.467. The van der Waals surface area contributed by atoms with Gasteiger partial charge in [0.1, 0.15) is 0 Å². The Kier molecular flexibility index (Phi) is 4.74. The predicted octanol–water partition coefficient (Wildman–Crippen LogP) is 1.98. The van der Waals surface area contributed by atoms with E-state index in [0.717, 1.165) is 37.1 Å². The molecule has 1 N–H and O–H groups in total. The van der Waals surface area contributed by atoms with Crippen LogP contribution in [0.25, 0.3) is 11.0 Å². The van der Waals surface area contributed by atoms with Gasteiger partial charge in [0.15, 0.2) is 0 Å². The van der Waals surface area contributed by atoms with E-state index in [0.29, 0.717) is 5.56 Å². The lowest BCUT2D eigenvalue weighted by atomic mass is 10.1. The van der Waals surface area contributed by atoms with Crippen molar-refractivity contribution in [1.29, 1.82) is 0 Å². The normalized spacial score (nSPS) is 11.2. The third-order valence-electron chi connectivity index (χ3n) is 3.27. The van der Waals surface area contributed by atoms with Crippen molar-refractivity contribution in [3.63, 3.8) is 0 Å². The number of carbonyl (C=O) groups excluding carboxylic acids is 1. The van der Waals surface area contributed by atoms with Gasteiger partial charge in [-0.3, -0.25) is 4.79 Å². The molecule has 0 aliphatic carbocycles. The molecule has 0 spiro atoms. The summed E-state index contributed by atoms with van der Waals surface area (Å²) in [6.07, 6.45) is 2.61. The lowest BCUT2D eigenvalue weighted by Crippen LogP contribution is -2.37. The molecule has 1 aromatic carbocycles. The van der Waals surface area contributed by atoms with Crippen LogP contribution in [0.5, 0.6) is 0 Å². The molecular weight excluding hydrogens is 252 g/mol. The predicted molar refractivity (Wildman–Crippen MR) is 80.8 cm³/mol. The molecule has 0 aliphatic rings. The lowest BCUT2D eigenvalue weighted by Gasteiger charge is -2.24. The number of likely N-dealkylation sites (N-methyl/N-ethyl adjacent to an activating group) is 1. The number of fused-ring (bicyclic) bond motifs is 1. The fourth-order valence-electron chi connectivity index (χ4n) is 2.16. The van der Waals surface area contributed by atoms with Crippen LogP contribution in [0.15, 0.2) is 24.5 Å². The molecule has 1 aromatic heterocycles. The van der Waals surface area contributed by atoms with Crippen molar-refractivity contribution in [1.82, 2.24) is 19.8 Å². The van der Waals surface area contributed by atoms with E-state index in [9.17, 15) is 4.79 Å². The number of aromatic amines is 1. The number of H-pyrrole nitrogens is 1. The molecule has 0 atom stereocenters. The van der Waals surface area contributed by atoms with Crippen molar-refractivity contribution in [3.8, 4) is 0 Å². The van der Waals surface area contributed by atoms with E-state index in [1.54, 1.807) is 6.33 Å². The number of nitrogens with zero attached hydrogens (tertiary/aromatic N) is 3. The summed E-state index contributed by atoms with van der Waals surface area (Å²) in [5.41, 5.74) is 2.51. The van der Waals surface area contributed by atoms with Crippen molar-refractivity contribution in [3.05, 3.63) is 30.1 Å². The van der Waals surface area contributed by atoms with Gasteiger partial charge in [0.2, 0.25) is 0 Å². The Balaban J connectivity index is 2.16. The van der Waals surface area contributed by atoms with Gasteiger partial charge >= 0.3 is 0 Å². The number of rotatable bonds is 6. The smallest absolute Gasteiger partial charge is 0.253 e. The molecule has 108 valence electrons. The van der Waals surface area contributed by atoms with Gasteiger partial charge in [0.05, 0.1) is 17.4 Å². The summed E-state index contributed by atoms with van der Waals surface area (Å²) in [5.74, 6) is 0.0881. The first-order valence-electron chi connectivity index (χ1n) is 6.99. The maximum absolute atomic E-state index is 12.6. The quantitative estimate of drug-likeness (QED) is 0.876. The standard InChI is InChI=1S/C15H22N4O/c1-4-7-19(9-8-18(2)3)15(20)12-5-6-13-14(10-12)17-11-16-13/h5-6,10-11H,4,7-9H2,1-3H3,(H,16,17). The molecule has 1 amide bonds. The van der Waals surface area contributed by atoms with Gasteiger partial charge in [-0.05, 0) is 38.7 Å². The van der Waals surface area contributed by atoms with Crippen LogP contribution in [0, 0.1) is 0 Å². The maximum Gasteiger partial charge on any atom is 0.253 e. The lowest BCUT2D eigenvalue weighted by molar-refractivity contribution is 0.0745. The first kappa shape index (κ1) is 14.5. The monoisotopic (exact) mass is 274 g/mol. The van der Waals surface area contributed by atoms with Gasteiger partial charge in [0.25, 0.3) is 5.91 Å². The first-order valence-corrected chi connectivity index (χ1v) is 6.99. The van der Waals surface area contributed by atoms with Crippen LogP contribution in [0.3, 0.4) is 0 Å². The highest BCUT2D eigenvalue weighted by atomic mass is 16.2.